The average Bonchev–Trinajstić information content (AvgIpc) is 3.15. The average molecular weight is 296 g/mol. The van der Waals surface area contributed by atoms with Crippen molar-refractivity contribution < 1.29 is 8.78 Å². The summed E-state index contributed by atoms with van der Waals surface area (Å²) < 4.78 is 28.3. The van der Waals surface area contributed by atoms with Crippen molar-refractivity contribution in [2.24, 2.45) is 5.73 Å². The van der Waals surface area contributed by atoms with Gasteiger partial charge in [0.15, 0.2) is 5.16 Å². The van der Waals surface area contributed by atoms with Gasteiger partial charge in [0.2, 0.25) is 0 Å². The Bertz CT molecular complexity index is 605. The van der Waals surface area contributed by atoms with Crippen molar-refractivity contribution in [2.45, 2.75) is 36.3 Å². The van der Waals surface area contributed by atoms with E-state index in [9.17, 15) is 8.78 Å². The van der Waals surface area contributed by atoms with Gasteiger partial charge in [0.05, 0.1) is 6.54 Å². The third kappa shape index (κ3) is 2.83. The first-order valence-corrected chi connectivity index (χ1v) is 7.37. The zero-order valence-electron chi connectivity index (χ0n) is 10.7. The van der Waals surface area contributed by atoms with Gasteiger partial charge < -0.3 is 10.3 Å². The van der Waals surface area contributed by atoms with Gasteiger partial charge in [-0.1, -0.05) is 11.8 Å². The zero-order chi connectivity index (χ0) is 14.1. The van der Waals surface area contributed by atoms with E-state index in [1.54, 1.807) is 0 Å². The molecule has 7 heteroatoms. The summed E-state index contributed by atoms with van der Waals surface area (Å²) in [4.78, 5) is 0. The highest BCUT2D eigenvalue weighted by Gasteiger charge is 2.29. The second kappa shape index (κ2) is 5.49. The number of hydrogen-bond donors (Lipinski definition) is 1. The van der Waals surface area contributed by atoms with E-state index < -0.39 is 11.6 Å². The van der Waals surface area contributed by atoms with Crippen LogP contribution >= 0.6 is 11.8 Å². The molecule has 0 saturated heterocycles. The van der Waals surface area contributed by atoms with Crippen LogP contribution in [0.3, 0.4) is 0 Å². The summed E-state index contributed by atoms with van der Waals surface area (Å²) in [6.07, 6.45) is 2.21. The fraction of sp³-hybridized carbons (Fsp3) is 0.385. The van der Waals surface area contributed by atoms with Crippen molar-refractivity contribution in [3.8, 4) is 0 Å². The predicted octanol–water partition coefficient (Wildman–Crippen LogP) is 2.64. The maximum Gasteiger partial charge on any atom is 0.191 e. The topological polar surface area (TPSA) is 56.7 Å². The van der Waals surface area contributed by atoms with Crippen molar-refractivity contribution in [3.63, 3.8) is 0 Å². The van der Waals surface area contributed by atoms with Crippen molar-refractivity contribution in [3.05, 3.63) is 41.2 Å². The molecule has 1 heterocycles. The van der Waals surface area contributed by atoms with Gasteiger partial charge in [-0.05, 0) is 30.5 Å². The number of aromatic nitrogens is 3. The lowest BCUT2D eigenvalue weighted by Gasteiger charge is -2.07. The second-order valence-electron chi connectivity index (χ2n) is 4.77. The van der Waals surface area contributed by atoms with E-state index in [1.165, 1.54) is 23.9 Å². The number of nitrogens with zero attached hydrogens (tertiary/aromatic N) is 3. The fourth-order valence-corrected chi connectivity index (χ4v) is 3.04. The molecule has 0 spiro atoms. The second-order valence-corrected chi connectivity index (χ2v) is 5.71. The number of halogens is 2. The van der Waals surface area contributed by atoms with Crippen LogP contribution in [0.15, 0.2) is 23.4 Å². The Balaban J connectivity index is 1.76. The molecule has 0 amide bonds. The molecule has 3 rings (SSSR count). The molecule has 1 aliphatic carbocycles. The molecule has 1 saturated carbocycles. The Morgan fingerprint density at radius 3 is 2.50 bits per heavy atom. The Hall–Kier alpha value is -1.47. The van der Waals surface area contributed by atoms with Gasteiger partial charge in [-0.3, -0.25) is 0 Å². The molecule has 20 heavy (non-hydrogen) atoms. The van der Waals surface area contributed by atoms with Crippen molar-refractivity contribution >= 4 is 11.8 Å². The number of nitrogens with two attached hydrogens (primary N) is 1. The lowest BCUT2D eigenvalue weighted by molar-refractivity contribution is 0.581. The lowest BCUT2D eigenvalue weighted by Crippen LogP contribution is -2.08. The predicted molar refractivity (Wildman–Crippen MR) is 72.1 cm³/mol. The molecule has 1 aromatic carbocycles. The maximum atomic E-state index is 13.1. The van der Waals surface area contributed by atoms with Gasteiger partial charge >= 0.3 is 0 Å². The minimum atomic E-state index is -0.563. The molecule has 106 valence electrons. The van der Waals surface area contributed by atoms with Crippen LogP contribution in [0.5, 0.6) is 0 Å². The van der Waals surface area contributed by atoms with Gasteiger partial charge in [0, 0.05) is 17.9 Å². The van der Waals surface area contributed by atoms with E-state index in [0.717, 1.165) is 29.9 Å². The minimum Gasteiger partial charge on any atom is -0.324 e. The molecule has 1 aliphatic rings. The molecule has 2 N–H and O–H groups in total. The molecule has 4 nitrogen and oxygen atoms in total. The molecule has 0 bridgehead atoms. The number of hydrogen-bond acceptors (Lipinski definition) is 4. The normalized spacial score (nSPS) is 14.8. The molecule has 2 aromatic rings. The SMILES string of the molecule is NCc1nnc(SCc2cc(F)cc(F)c2)n1C1CC1. The Labute approximate surface area is 119 Å². The van der Waals surface area contributed by atoms with E-state index in [-0.39, 0.29) is 0 Å². The van der Waals surface area contributed by atoms with Gasteiger partial charge in [-0.25, -0.2) is 8.78 Å². The molecule has 0 aliphatic heterocycles. The van der Waals surface area contributed by atoms with E-state index >= 15 is 0 Å². The molecule has 0 radical (unpaired) electrons. The zero-order valence-corrected chi connectivity index (χ0v) is 11.5. The maximum absolute atomic E-state index is 13.1. The van der Waals surface area contributed by atoms with Crippen LogP contribution in [0, 0.1) is 11.6 Å². The quantitative estimate of drug-likeness (QED) is 0.862. The van der Waals surface area contributed by atoms with E-state index in [2.05, 4.69) is 10.2 Å². The van der Waals surface area contributed by atoms with Crippen molar-refractivity contribution in [2.75, 3.05) is 0 Å². The standard InChI is InChI=1S/C13H14F2N4S/c14-9-3-8(4-10(15)5-9)7-20-13-18-17-12(6-16)19(13)11-1-2-11/h3-5,11H,1-2,6-7,16H2. The van der Waals surface area contributed by atoms with Crippen LogP contribution in [0.1, 0.15) is 30.3 Å². The Kier molecular flexibility index (Phi) is 3.71. The highest BCUT2D eigenvalue weighted by molar-refractivity contribution is 7.98. The molecular weight excluding hydrogens is 282 g/mol. The largest absolute Gasteiger partial charge is 0.324 e. The number of thioether (sulfide) groups is 1. The summed E-state index contributed by atoms with van der Waals surface area (Å²) in [7, 11) is 0. The fourth-order valence-electron chi connectivity index (χ4n) is 2.09. The first kappa shape index (κ1) is 13.5. The molecule has 1 fully saturated rings. The van der Waals surface area contributed by atoms with E-state index in [0.29, 0.717) is 23.9 Å². The summed E-state index contributed by atoms with van der Waals surface area (Å²) >= 11 is 1.42. The van der Waals surface area contributed by atoms with Gasteiger partial charge in [0.1, 0.15) is 17.5 Å². The van der Waals surface area contributed by atoms with Crippen LogP contribution in [0.4, 0.5) is 8.78 Å². The van der Waals surface area contributed by atoms with E-state index in [4.69, 9.17) is 5.73 Å². The highest BCUT2D eigenvalue weighted by atomic mass is 32.2. The van der Waals surface area contributed by atoms with Crippen molar-refractivity contribution in [1.82, 2.24) is 14.8 Å². The third-order valence-electron chi connectivity index (χ3n) is 3.12. The smallest absolute Gasteiger partial charge is 0.191 e. The van der Waals surface area contributed by atoms with E-state index in [1.807, 2.05) is 4.57 Å². The summed E-state index contributed by atoms with van der Waals surface area (Å²) in [6.45, 7) is 0.346. The summed E-state index contributed by atoms with van der Waals surface area (Å²) in [5.41, 5.74) is 6.23. The lowest BCUT2D eigenvalue weighted by atomic mass is 10.2. The highest BCUT2D eigenvalue weighted by Crippen LogP contribution is 2.39. The Morgan fingerprint density at radius 2 is 1.90 bits per heavy atom. The summed E-state index contributed by atoms with van der Waals surface area (Å²) in [6, 6.07) is 3.96. The van der Waals surface area contributed by atoms with Crippen LogP contribution < -0.4 is 5.73 Å². The van der Waals surface area contributed by atoms with Gasteiger partial charge in [-0.2, -0.15) is 0 Å². The monoisotopic (exact) mass is 296 g/mol. The number of rotatable bonds is 5. The minimum absolute atomic E-state index is 0.346. The van der Waals surface area contributed by atoms with Gasteiger partial charge in [0.25, 0.3) is 0 Å². The molecule has 1 aromatic heterocycles. The summed E-state index contributed by atoms with van der Waals surface area (Å²) in [5, 5.41) is 8.94. The van der Waals surface area contributed by atoms with Crippen LogP contribution in [-0.2, 0) is 12.3 Å². The number of benzene rings is 1. The Morgan fingerprint density at radius 1 is 1.20 bits per heavy atom. The first-order chi connectivity index (χ1) is 9.67. The molecular formula is C13H14F2N4S. The van der Waals surface area contributed by atoms with Crippen LogP contribution in [-0.4, -0.2) is 14.8 Å². The third-order valence-corrected chi connectivity index (χ3v) is 4.13. The first-order valence-electron chi connectivity index (χ1n) is 6.39. The van der Waals surface area contributed by atoms with Gasteiger partial charge in [-0.15, -0.1) is 10.2 Å². The van der Waals surface area contributed by atoms with Crippen molar-refractivity contribution in [1.29, 1.82) is 0 Å². The molecule has 0 atom stereocenters. The van der Waals surface area contributed by atoms with Crippen LogP contribution in [0.2, 0.25) is 0 Å². The molecule has 0 unspecified atom stereocenters. The van der Waals surface area contributed by atoms with Crippen LogP contribution in [0.25, 0.3) is 0 Å². The summed E-state index contributed by atoms with van der Waals surface area (Å²) in [5.74, 6) is 0.0867.